The molecule has 7 heteroatoms. The van der Waals surface area contributed by atoms with E-state index in [1.54, 1.807) is 6.92 Å². The van der Waals surface area contributed by atoms with Gasteiger partial charge in [0.2, 0.25) is 0 Å². The van der Waals surface area contributed by atoms with Crippen molar-refractivity contribution in [2.75, 3.05) is 5.32 Å². The number of aryl methyl sites for hydroxylation is 3. The number of hydrogen-bond acceptors (Lipinski definition) is 4. The van der Waals surface area contributed by atoms with Crippen molar-refractivity contribution in [3.05, 3.63) is 60.6 Å². The number of fused-ring (bicyclic) bond motifs is 1. The summed E-state index contributed by atoms with van der Waals surface area (Å²) in [5.74, 6) is 1.97. The zero-order chi connectivity index (χ0) is 19.0. The van der Waals surface area contributed by atoms with E-state index in [1.807, 2.05) is 32.0 Å². The molecule has 0 aliphatic rings. The van der Waals surface area contributed by atoms with Crippen LogP contribution in [0.15, 0.2) is 27.8 Å². The first-order valence-electron chi connectivity index (χ1n) is 7.91. The SMILES string of the molecule is C#CCn1c(=O)[nH]c2sc(C(=O)Nc3ccc(C)cc3C)c(C)c2c1=O. The second-order valence-electron chi connectivity index (χ2n) is 6.06. The van der Waals surface area contributed by atoms with Gasteiger partial charge in [-0.25, -0.2) is 9.36 Å². The molecule has 0 aliphatic heterocycles. The molecule has 1 aromatic carbocycles. The molecular formula is C19H17N3O3S. The quantitative estimate of drug-likeness (QED) is 0.698. The highest BCUT2D eigenvalue weighted by Crippen LogP contribution is 2.27. The molecular weight excluding hydrogens is 350 g/mol. The molecule has 2 N–H and O–H groups in total. The number of thiophene rings is 1. The Balaban J connectivity index is 2.08. The van der Waals surface area contributed by atoms with Gasteiger partial charge in [0.1, 0.15) is 4.83 Å². The summed E-state index contributed by atoms with van der Waals surface area (Å²) < 4.78 is 0.952. The summed E-state index contributed by atoms with van der Waals surface area (Å²) in [7, 11) is 0. The fraction of sp³-hybridized carbons (Fsp3) is 0.211. The third-order valence-corrected chi connectivity index (χ3v) is 5.36. The summed E-state index contributed by atoms with van der Waals surface area (Å²) in [6.45, 7) is 5.46. The molecule has 3 aromatic rings. The molecule has 0 spiro atoms. The Hall–Kier alpha value is -3.11. The Kier molecular flexibility index (Phi) is 4.53. The minimum absolute atomic E-state index is 0.122. The van der Waals surface area contributed by atoms with Crippen molar-refractivity contribution in [2.24, 2.45) is 0 Å². The van der Waals surface area contributed by atoms with E-state index in [0.29, 0.717) is 26.3 Å². The molecule has 2 aromatic heterocycles. The molecule has 132 valence electrons. The van der Waals surface area contributed by atoms with Crippen molar-refractivity contribution in [3.63, 3.8) is 0 Å². The van der Waals surface area contributed by atoms with Crippen LogP contribution in [0.5, 0.6) is 0 Å². The summed E-state index contributed by atoms with van der Waals surface area (Å²) in [5.41, 5.74) is 2.21. The van der Waals surface area contributed by atoms with E-state index in [1.165, 1.54) is 0 Å². The van der Waals surface area contributed by atoms with Crippen molar-refractivity contribution in [3.8, 4) is 12.3 Å². The lowest BCUT2D eigenvalue weighted by molar-refractivity contribution is 0.103. The highest BCUT2D eigenvalue weighted by atomic mass is 32.1. The van der Waals surface area contributed by atoms with Crippen LogP contribution < -0.4 is 16.6 Å². The van der Waals surface area contributed by atoms with Crippen molar-refractivity contribution < 1.29 is 4.79 Å². The van der Waals surface area contributed by atoms with Crippen LogP contribution in [0.3, 0.4) is 0 Å². The molecule has 0 saturated carbocycles. The number of nitrogens with zero attached hydrogens (tertiary/aromatic N) is 1. The predicted molar refractivity (Wildman–Crippen MR) is 104 cm³/mol. The smallest absolute Gasteiger partial charge is 0.321 e. The van der Waals surface area contributed by atoms with E-state index in [-0.39, 0.29) is 12.5 Å². The minimum atomic E-state index is -0.581. The van der Waals surface area contributed by atoms with E-state index in [9.17, 15) is 14.4 Å². The number of nitrogens with one attached hydrogen (secondary N) is 2. The van der Waals surface area contributed by atoms with Gasteiger partial charge in [-0.2, -0.15) is 0 Å². The van der Waals surface area contributed by atoms with Gasteiger partial charge in [-0.3, -0.25) is 14.6 Å². The van der Waals surface area contributed by atoms with Crippen molar-refractivity contribution >= 4 is 33.1 Å². The lowest BCUT2D eigenvalue weighted by atomic mass is 10.1. The first-order valence-corrected chi connectivity index (χ1v) is 8.73. The highest BCUT2D eigenvalue weighted by molar-refractivity contribution is 7.20. The summed E-state index contributed by atoms with van der Waals surface area (Å²) in [5, 5.41) is 3.18. The van der Waals surface area contributed by atoms with E-state index in [0.717, 1.165) is 27.0 Å². The number of carbonyl (C=O) groups excluding carboxylic acids is 1. The maximum absolute atomic E-state index is 12.7. The van der Waals surface area contributed by atoms with Crippen molar-refractivity contribution in [2.45, 2.75) is 27.3 Å². The number of amides is 1. The van der Waals surface area contributed by atoms with Crippen LogP contribution in [-0.2, 0) is 6.54 Å². The summed E-state index contributed by atoms with van der Waals surface area (Å²) in [6.07, 6.45) is 5.22. The summed E-state index contributed by atoms with van der Waals surface area (Å²) in [4.78, 5) is 40.7. The van der Waals surface area contributed by atoms with Crippen LogP contribution in [0.4, 0.5) is 5.69 Å². The molecule has 2 heterocycles. The Morgan fingerprint density at radius 2 is 2.04 bits per heavy atom. The average Bonchev–Trinajstić information content (AvgIpc) is 2.90. The molecule has 1 amide bonds. The fourth-order valence-electron chi connectivity index (χ4n) is 2.84. The normalized spacial score (nSPS) is 10.7. The van der Waals surface area contributed by atoms with Gasteiger partial charge in [0.25, 0.3) is 11.5 Å². The molecule has 0 saturated heterocycles. The highest BCUT2D eigenvalue weighted by Gasteiger charge is 2.20. The zero-order valence-electron chi connectivity index (χ0n) is 14.6. The Bertz CT molecular complexity index is 1190. The Morgan fingerprint density at radius 1 is 1.31 bits per heavy atom. The van der Waals surface area contributed by atoms with Gasteiger partial charge in [-0.05, 0) is 38.0 Å². The van der Waals surface area contributed by atoms with Crippen LogP contribution in [-0.4, -0.2) is 15.5 Å². The molecule has 0 atom stereocenters. The average molecular weight is 367 g/mol. The molecule has 6 nitrogen and oxygen atoms in total. The van der Waals surface area contributed by atoms with Crippen LogP contribution in [0.1, 0.15) is 26.4 Å². The number of aromatic amines is 1. The molecule has 26 heavy (non-hydrogen) atoms. The van der Waals surface area contributed by atoms with Gasteiger partial charge in [0.15, 0.2) is 0 Å². The van der Waals surface area contributed by atoms with E-state index < -0.39 is 11.2 Å². The second kappa shape index (κ2) is 6.65. The predicted octanol–water partition coefficient (Wildman–Crippen LogP) is 2.56. The molecule has 0 fully saturated rings. The number of aromatic nitrogens is 2. The van der Waals surface area contributed by atoms with Gasteiger partial charge in [0, 0.05) is 5.69 Å². The minimum Gasteiger partial charge on any atom is -0.321 e. The number of terminal acetylenes is 1. The Morgan fingerprint density at radius 3 is 2.69 bits per heavy atom. The molecule has 0 radical (unpaired) electrons. The lowest BCUT2D eigenvalue weighted by Crippen LogP contribution is -2.34. The van der Waals surface area contributed by atoms with Gasteiger partial charge in [-0.15, -0.1) is 17.8 Å². The molecule has 0 bridgehead atoms. The van der Waals surface area contributed by atoms with Gasteiger partial charge in [-0.1, -0.05) is 23.6 Å². The number of hydrogen-bond donors (Lipinski definition) is 2. The first-order chi connectivity index (χ1) is 12.3. The monoisotopic (exact) mass is 367 g/mol. The van der Waals surface area contributed by atoms with Crippen molar-refractivity contribution in [1.82, 2.24) is 9.55 Å². The van der Waals surface area contributed by atoms with Gasteiger partial charge >= 0.3 is 5.69 Å². The maximum Gasteiger partial charge on any atom is 0.330 e. The second-order valence-corrected chi connectivity index (χ2v) is 7.08. The van der Waals surface area contributed by atoms with E-state index in [2.05, 4.69) is 16.2 Å². The number of benzene rings is 1. The van der Waals surface area contributed by atoms with Crippen LogP contribution in [0.25, 0.3) is 10.2 Å². The summed E-state index contributed by atoms with van der Waals surface area (Å²) >= 11 is 1.08. The van der Waals surface area contributed by atoms with Crippen LogP contribution in [0.2, 0.25) is 0 Å². The fourth-order valence-corrected chi connectivity index (χ4v) is 3.92. The summed E-state index contributed by atoms with van der Waals surface area (Å²) in [6, 6.07) is 5.73. The van der Waals surface area contributed by atoms with Crippen LogP contribution in [0, 0.1) is 33.1 Å². The number of carbonyl (C=O) groups is 1. The number of rotatable bonds is 3. The third kappa shape index (κ3) is 2.95. The molecule has 3 rings (SSSR count). The van der Waals surface area contributed by atoms with E-state index in [4.69, 9.17) is 6.42 Å². The Labute approximate surface area is 153 Å². The zero-order valence-corrected chi connectivity index (χ0v) is 15.4. The topological polar surface area (TPSA) is 84.0 Å². The molecule has 0 aliphatic carbocycles. The standard InChI is InChI=1S/C19H17N3O3S/c1-5-8-22-18(24)14-12(4)15(26-17(14)21-19(22)25)16(23)20-13-7-6-10(2)9-11(13)3/h1,6-7,9H,8H2,2-4H3,(H,20,23)(H,21,25). The van der Waals surface area contributed by atoms with Gasteiger partial charge < -0.3 is 5.32 Å². The first kappa shape index (κ1) is 17.7. The number of H-pyrrole nitrogens is 1. The van der Waals surface area contributed by atoms with Gasteiger partial charge in [0.05, 0.1) is 16.8 Å². The maximum atomic E-state index is 12.7. The molecule has 0 unspecified atom stereocenters. The third-order valence-electron chi connectivity index (χ3n) is 4.16. The number of anilines is 1. The lowest BCUT2D eigenvalue weighted by Gasteiger charge is -2.08. The van der Waals surface area contributed by atoms with E-state index >= 15 is 0 Å². The van der Waals surface area contributed by atoms with Crippen LogP contribution >= 0.6 is 11.3 Å². The largest absolute Gasteiger partial charge is 0.330 e. The van der Waals surface area contributed by atoms with Crippen molar-refractivity contribution in [1.29, 1.82) is 0 Å².